The summed E-state index contributed by atoms with van der Waals surface area (Å²) < 4.78 is 0. The number of anilines is 1. The predicted octanol–water partition coefficient (Wildman–Crippen LogP) is 4.65. The van der Waals surface area contributed by atoms with Crippen molar-refractivity contribution in [1.29, 1.82) is 0 Å². The first-order chi connectivity index (χ1) is 8.59. The molecule has 0 N–H and O–H groups in total. The summed E-state index contributed by atoms with van der Waals surface area (Å²) in [5.41, 5.74) is 3.00. The van der Waals surface area contributed by atoms with Gasteiger partial charge in [0.05, 0.1) is 0 Å². The van der Waals surface area contributed by atoms with Crippen molar-refractivity contribution in [1.82, 2.24) is 0 Å². The Balaban J connectivity index is 2.23. The number of nitrogens with zero attached hydrogens (tertiary/aromatic N) is 1. The topological polar surface area (TPSA) is 3.24 Å². The fourth-order valence-electron chi connectivity index (χ4n) is 3.10. The molecular formula is C17H27N. The second kappa shape index (κ2) is 5.77. The lowest BCUT2D eigenvalue weighted by Crippen LogP contribution is -2.37. The van der Waals surface area contributed by atoms with E-state index in [2.05, 4.69) is 56.9 Å². The van der Waals surface area contributed by atoms with Crippen LogP contribution in [0.5, 0.6) is 0 Å². The van der Waals surface area contributed by atoms with Crippen molar-refractivity contribution in [3.63, 3.8) is 0 Å². The second-order valence-corrected chi connectivity index (χ2v) is 6.22. The van der Waals surface area contributed by atoms with Crippen LogP contribution in [0.4, 0.5) is 5.69 Å². The third-order valence-corrected chi connectivity index (χ3v) is 4.12. The van der Waals surface area contributed by atoms with Gasteiger partial charge in [0, 0.05) is 17.8 Å². The number of hydrogen-bond donors (Lipinski definition) is 0. The van der Waals surface area contributed by atoms with E-state index < -0.39 is 0 Å². The van der Waals surface area contributed by atoms with Crippen molar-refractivity contribution in [2.45, 2.75) is 65.5 Å². The van der Waals surface area contributed by atoms with Crippen molar-refractivity contribution in [2.24, 2.45) is 5.92 Å². The molecule has 0 heterocycles. The molecule has 1 aliphatic rings. The molecule has 1 fully saturated rings. The maximum Gasteiger partial charge on any atom is 0.0403 e. The quantitative estimate of drug-likeness (QED) is 0.729. The van der Waals surface area contributed by atoms with Crippen molar-refractivity contribution >= 4 is 5.69 Å². The van der Waals surface area contributed by atoms with Crippen molar-refractivity contribution in [3.05, 3.63) is 29.8 Å². The van der Waals surface area contributed by atoms with E-state index in [-0.39, 0.29) is 0 Å². The molecule has 0 unspecified atom stereocenters. The highest BCUT2D eigenvalue weighted by atomic mass is 15.2. The van der Waals surface area contributed by atoms with Gasteiger partial charge in [0.1, 0.15) is 0 Å². The largest absolute Gasteiger partial charge is 0.366 e. The van der Waals surface area contributed by atoms with E-state index >= 15 is 0 Å². The molecule has 0 bridgehead atoms. The molecule has 0 radical (unpaired) electrons. The van der Waals surface area contributed by atoms with Crippen LogP contribution in [0.2, 0.25) is 0 Å². The highest BCUT2D eigenvalue weighted by Crippen LogP contribution is 2.34. The van der Waals surface area contributed by atoms with E-state index in [4.69, 9.17) is 0 Å². The van der Waals surface area contributed by atoms with Crippen LogP contribution in [-0.4, -0.2) is 12.1 Å². The molecule has 1 aliphatic carbocycles. The lowest BCUT2D eigenvalue weighted by Gasteiger charge is -2.36. The molecule has 100 valence electrons. The minimum atomic E-state index is 0.563. The van der Waals surface area contributed by atoms with Gasteiger partial charge >= 0.3 is 0 Å². The second-order valence-electron chi connectivity index (χ2n) is 6.22. The summed E-state index contributed by atoms with van der Waals surface area (Å²) in [4.78, 5) is 2.55. The average Bonchev–Trinajstić information content (AvgIpc) is 2.24. The smallest absolute Gasteiger partial charge is 0.0403 e. The van der Waals surface area contributed by atoms with Gasteiger partial charge < -0.3 is 4.90 Å². The van der Waals surface area contributed by atoms with Crippen LogP contribution in [0.15, 0.2) is 24.3 Å². The molecule has 1 aromatic rings. The van der Waals surface area contributed by atoms with Gasteiger partial charge in [-0.15, -0.1) is 0 Å². The first-order valence-electron chi connectivity index (χ1n) is 7.46. The number of para-hydroxylation sites is 1. The summed E-state index contributed by atoms with van der Waals surface area (Å²) in [6.45, 7) is 9.17. The fraction of sp³-hybridized carbons (Fsp3) is 0.647. The van der Waals surface area contributed by atoms with Crippen molar-refractivity contribution in [3.8, 4) is 0 Å². The minimum Gasteiger partial charge on any atom is -0.366 e. The van der Waals surface area contributed by atoms with E-state index in [1.807, 2.05) is 0 Å². The van der Waals surface area contributed by atoms with Crippen molar-refractivity contribution < 1.29 is 0 Å². The summed E-state index contributed by atoms with van der Waals surface area (Å²) >= 11 is 0. The lowest BCUT2D eigenvalue weighted by molar-refractivity contribution is 0.314. The first kappa shape index (κ1) is 13.5. The normalized spacial score (nSPS) is 16.1. The van der Waals surface area contributed by atoms with Crippen LogP contribution >= 0.6 is 0 Å². The Hall–Kier alpha value is -0.980. The summed E-state index contributed by atoms with van der Waals surface area (Å²) in [7, 11) is 0. The number of rotatable bonds is 5. The van der Waals surface area contributed by atoms with E-state index in [1.54, 1.807) is 5.56 Å². The molecule has 2 rings (SSSR count). The Morgan fingerprint density at radius 1 is 1.06 bits per heavy atom. The van der Waals surface area contributed by atoms with Crippen LogP contribution < -0.4 is 4.90 Å². The molecule has 1 heteroatoms. The molecule has 0 spiro atoms. The molecule has 0 saturated heterocycles. The number of hydrogen-bond acceptors (Lipinski definition) is 1. The molecule has 18 heavy (non-hydrogen) atoms. The zero-order valence-corrected chi connectivity index (χ0v) is 12.3. The van der Waals surface area contributed by atoms with Crippen LogP contribution in [0.25, 0.3) is 0 Å². The van der Waals surface area contributed by atoms with Gasteiger partial charge in [-0.2, -0.15) is 0 Å². The average molecular weight is 245 g/mol. The zero-order chi connectivity index (χ0) is 13.1. The summed E-state index contributed by atoms with van der Waals surface area (Å²) in [6, 6.07) is 10.1. The zero-order valence-electron chi connectivity index (χ0n) is 12.3. The summed E-state index contributed by atoms with van der Waals surface area (Å²) in [5.74, 6) is 0.937. The van der Waals surface area contributed by atoms with Gasteiger partial charge in [-0.1, -0.05) is 37.5 Å². The van der Waals surface area contributed by atoms with Gasteiger partial charge in [-0.25, -0.2) is 0 Å². The third kappa shape index (κ3) is 2.88. The van der Waals surface area contributed by atoms with Crippen LogP contribution in [0.3, 0.4) is 0 Å². The SMILES string of the molecule is CC(C)N(c1ccccc1CC1CCC1)C(C)C. The van der Waals surface area contributed by atoms with Gasteiger partial charge in [0.2, 0.25) is 0 Å². The predicted molar refractivity (Wildman–Crippen MR) is 80.2 cm³/mol. The van der Waals surface area contributed by atoms with E-state index in [0.29, 0.717) is 12.1 Å². The molecular weight excluding hydrogens is 218 g/mol. The summed E-state index contributed by atoms with van der Waals surface area (Å²) in [6.07, 6.45) is 5.56. The van der Waals surface area contributed by atoms with Crippen molar-refractivity contribution in [2.75, 3.05) is 4.90 Å². The van der Waals surface area contributed by atoms with Gasteiger partial charge in [-0.05, 0) is 51.7 Å². The van der Waals surface area contributed by atoms with Gasteiger partial charge in [0.15, 0.2) is 0 Å². The highest BCUT2D eigenvalue weighted by molar-refractivity contribution is 5.55. The first-order valence-corrected chi connectivity index (χ1v) is 7.46. The number of benzene rings is 1. The monoisotopic (exact) mass is 245 g/mol. The maximum atomic E-state index is 2.55. The van der Waals surface area contributed by atoms with Crippen LogP contribution in [0, 0.1) is 5.92 Å². The molecule has 0 aromatic heterocycles. The standard InChI is InChI=1S/C17H27N/c1-13(2)18(14(3)4)17-11-6-5-10-16(17)12-15-8-7-9-15/h5-6,10-11,13-15H,7-9,12H2,1-4H3. The molecule has 0 amide bonds. The van der Waals surface area contributed by atoms with Gasteiger partial charge in [0.25, 0.3) is 0 Å². The molecule has 1 saturated carbocycles. The lowest BCUT2D eigenvalue weighted by atomic mass is 9.80. The van der Waals surface area contributed by atoms with E-state index in [1.165, 1.54) is 31.4 Å². The Morgan fingerprint density at radius 3 is 2.17 bits per heavy atom. The summed E-state index contributed by atoms with van der Waals surface area (Å²) in [5, 5.41) is 0. The third-order valence-electron chi connectivity index (χ3n) is 4.12. The Labute approximate surface area is 112 Å². The Morgan fingerprint density at radius 2 is 1.67 bits per heavy atom. The van der Waals surface area contributed by atoms with E-state index in [0.717, 1.165) is 5.92 Å². The molecule has 0 atom stereocenters. The van der Waals surface area contributed by atoms with Crippen LogP contribution in [-0.2, 0) is 6.42 Å². The highest BCUT2D eigenvalue weighted by Gasteiger charge is 2.22. The van der Waals surface area contributed by atoms with E-state index in [9.17, 15) is 0 Å². The Kier molecular flexibility index (Phi) is 4.31. The molecule has 0 aliphatic heterocycles. The minimum absolute atomic E-state index is 0.563. The molecule has 1 aromatic carbocycles. The fourth-order valence-corrected chi connectivity index (χ4v) is 3.10. The maximum absolute atomic E-state index is 2.55. The molecule has 1 nitrogen and oxygen atoms in total. The van der Waals surface area contributed by atoms with Gasteiger partial charge in [-0.3, -0.25) is 0 Å². The van der Waals surface area contributed by atoms with Crippen LogP contribution in [0.1, 0.15) is 52.5 Å². The Bertz CT molecular complexity index is 369.